The Kier molecular flexibility index (Phi) is 13.0. The predicted molar refractivity (Wildman–Crippen MR) is 238 cm³/mol. The minimum absolute atomic E-state index is 0.0248. The molecular formula is C52H76O12. The Hall–Kier alpha value is -2.13. The zero-order valence-corrected chi connectivity index (χ0v) is 40.0. The lowest BCUT2D eigenvalue weighted by molar-refractivity contribution is -0.142. The van der Waals surface area contributed by atoms with E-state index in [1.807, 2.05) is 0 Å². The van der Waals surface area contributed by atoms with E-state index in [1.54, 1.807) is 32.5 Å². The van der Waals surface area contributed by atoms with Gasteiger partial charge in [-0.3, -0.25) is 14.4 Å². The van der Waals surface area contributed by atoms with E-state index in [0.717, 1.165) is 58.3 Å². The number of carbonyl (C=O) groups excluding carboxylic acids is 3. The van der Waals surface area contributed by atoms with Gasteiger partial charge in [-0.2, -0.15) is 0 Å². The van der Waals surface area contributed by atoms with Gasteiger partial charge in [-0.15, -0.1) is 0 Å². The summed E-state index contributed by atoms with van der Waals surface area (Å²) in [6, 6.07) is 0. The molecule has 0 N–H and O–H groups in total. The minimum atomic E-state index is -0.382. The topological polar surface area (TPSA) is 154 Å². The van der Waals surface area contributed by atoms with Crippen molar-refractivity contribution in [3.8, 4) is 0 Å². The number of hydrogen-bond donors (Lipinski definition) is 0. The van der Waals surface area contributed by atoms with Crippen LogP contribution in [0.4, 0.5) is 0 Å². The predicted octanol–water partition coefficient (Wildman–Crippen LogP) is 7.86. The van der Waals surface area contributed by atoms with Gasteiger partial charge < -0.3 is 42.6 Å². The molecule has 356 valence electrons. The Morgan fingerprint density at radius 1 is 0.516 bits per heavy atom. The molecule has 3 spiro atoms. The number of ether oxygens (including phenoxy) is 9. The van der Waals surface area contributed by atoms with Gasteiger partial charge in [-0.1, -0.05) is 34.9 Å². The molecule has 11 rings (SSSR count). The maximum absolute atomic E-state index is 12.3. The Bertz CT molecular complexity index is 1780. The van der Waals surface area contributed by atoms with E-state index >= 15 is 0 Å². The number of ketones is 3. The van der Waals surface area contributed by atoms with Crippen molar-refractivity contribution in [1.82, 2.24) is 0 Å². The maximum Gasteiger partial charge on any atom is 0.162 e. The first-order chi connectivity index (χ1) is 30.6. The van der Waals surface area contributed by atoms with Crippen LogP contribution >= 0.6 is 0 Å². The second-order valence-electron chi connectivity index (χ2n) is 21.9. The van der Waals surface area contributed by atoms with Gasteiger partial charge in [-0.05, 0) is 125 Å². The van der Waals surface area contributed by atoms with E-state index in [2.05, 4.69) is 52.8 Å². The van der Waals surface area contributed by atoms with Crippen LogP contribution in [0.15, 0.2) is 34.9 Å². The zero-order chi connectivity index (χ0) is 45.3. The average Bonchev–Trinajstić information content (AvgIpc) is 4.01. The third-order valence-corrected chi connectivity index (χ3v) is 17.5. The molecule has 12 heteroatoms. The second-order valence-corrected chi connectivity index (χ2v) is 21.9. The Morgan fingerprint density at radius 3 is 1.08 bits per heavy atom. The van der Waals surface area contributed by atoms with Gasteiger partial charge in [0.25, 0.3) is 0 Å². The first kappa shape index (κ1) is 47.0. The van der Waals surface area contributed by atoms with Gasteiger partial charge in [0.2, 0.25) is 0 Å². The minimum Gasteiger partial charge on any atom is -0.373 e. The standard InChI is InChI=1S/2C18H26O4.C16H24O4/c2*1-17(14(22-17)8-7-12-5-3-4-6-12)16-15(20-2)13(19)9-10-18(16)11-21-18;1-10(2)5-6-12-15(3,20-12)14-13(18-4)11(17)7-8-16(14)9-19-16/h2*7,14-16H,3-6,8-11H2,1-2H3;5,12-14H,6-9H2,1-4H3/t2*14-,15-,16-,17+,18+;12-,13-,14-,15+,16+/m111/s1. The number of allylic oxidation sites excluding steroid dienone is 3. The summed E-state index contributed by atoms with van der Waals surface area (Å²) in [6.07, 6.45) is 23.7. The molecular weight excluding hydrogens is 817 g/mol. The van der Waals surface area contributed by atoms with Crippen LogP contribution in [-0.4, -0.2) is 129 Å². The average molecular weight is 893 g/mol. The van der Waals surface area contributed by atoms with Crippen LogP contribution in [0.25, 0.3) is 0 Å². The van der Waals surface area contributed by atoms with Crippen LogP contribution in [0, 0.1) is 17.8 Å². The van der Waals surface area contributed by atoms with Crippen molar-refractivity contribution in [3.05, 3.63) is 34.9 Å². The van der Waals surface area contributed by atoms with E-state index in [0.29, 0.717) is 19.3 Å². The smallest absolute Gasteiger partial charge is 0.162 e. The molecule has 0 unspecified atom stereocenters. The van der Waals surface area contributed by atoms with Gasteiger partial charge in [-0.25, -0.2) is 0 Å². The lowest BCUT2D eigenvalue weighted by Gasteiger charge is -2.37. The number of methoxy groups -OCH3 is 3. The Morgan fingerprint density at radius 2 is 0.812 bits per heavy atom. The number of hydrogen-bond acceptors (Lipinski definition) is 12. The lowest BCUT2D eigenvalue weighted by atomic mass is 9.69. The normalized spacial score (nSPS) is 46.9. The summed E-state index contributed by atoms with van der Waals surface area (Å²) in [5.41, 5.74) is 3.10. The zero-order valence-electron chi connectivity index (χ0n) is 40.0. The maximum atomic E-state index is 12.3. The van der Waals surface area contributed by atoms with Crippen molar-refractivity contribution in [2.24, 2.45) is 17.8 Å². The number of epoxide rings is 6. The van der Waals surface area contributed by atoms with Gasteiger partial charge >= 0.3 is 0 Å². The van der Waals surface area contributed by atoms with Crippen molar-refractivity contribution in [2.75, 3.05) is 41.2 Å². The SMILES string of the molecule is CO[C@@H]1C(=O)CC[C@]2(CO2)[C@H]1[C@@]1(C)O[C@@H]1CC=C(C)C.CO[C@@H]1C(=O)CC[C@]2(CO2)[C@H]1[C@@]1(C)O[C@@H]1CC=C1CCCC1.CO[C@@H]1C(=O)CC[C@]2(CO2)[C@H]1[C@@]1(C)O[C@@H]1CC=C1CCCC1. The Balaban J connectivity index is 0.000000122. The fourth-order valence-electron chi connectivity index (χ4n) is 13.2. The molecule has 0 radical (unpaired) electrons. The summed E-state index contributed by atoms with van der Waals surface area (Å²) in [4.78, 5) is 36.7. The molecule has 0 aromatic rings. The highest BCUT2D eigenvalue weighted by atomic mass is 16.6. The molecule has 6 aliphatic heterocycles. The molecule has 0 amide bonds. The van der Waals surface area contributed by atoms with Crippen LogP contribution in [0.3, 0.4) is 0 Å². The van der Waals surface area contributed by atoms with Crippen molar-refractivity contribution in [2.45, 2.75) is 214 Å². The van der Waals surface area contributed by atoms with Crippen LogP contribution in [0.1, 0.15) is 144 Å². The summed E-state index contributed by atoms with van der Waals surface area (Å²) in [7, 11) is 4.89. The van der Waals surface area contributed by atoms with Crippen LogP contribution in [0.2, 0.25) is 0 Å². The second kappa shape index (κ2) is 17.7. The third-order valence-electron chi connectivity index (χ3n) is 17.5. The molecule has 6 saturated heterocycles. The van der Waals surface area contributed by atoms with Crippen molar-refractivity contribution >= 4 is 17.3 Å². The molecule has 11 fully saturated rings. The highest BCUT2D eigenvalue weighted by molar-refractivity contribution is 5.86. The van der Waals surface area contributed by atoms with Crippen molar-refractivity contribution in [3.63, 3.8) is 0 Å². The van der Waals surface area contributed by atoms with E-state index in [9.17, 15) is 14.4 Å². The van der Waals surface area contributed by atoms with Crippen LogP contribution in [0.5, 0.6) is 0 Å². The fourth-order valence-corrected chi connectivity index (χ4v) is 13.2. The molecule has 0 aromatic heterocycles. The van der Waals surface area contributed by atoms with Crippen LogP contribution < -0.4 is 0 Å². The van der Waals surface area contributed by atoms with Gasteiger partial charge in [0.1, 0.15) is 51.9 Å². The summed E-state index contributed by atoms with van der Waals surface area (Å²) < 4.78 is 52.2. The van der Waals surface area contributed by atoms with Gasteiger partial charge in [0.05, 0.1) is 55.9 Å². The largest absolute Gasteiger partial charge is 0.373 e. The van der Waals surface area contributed by atoms with Crippen molar-refractivity contribution in [1.29, 1.82) is 0 Å². The molecule has 6 heterocycles. The Labute approximate surface area is 381 Å². The van der Waals surface area contributed by atoms with Crippen LogP contribution in [-0.2, 0) is 57.0 Å². The molecule has 15 atom stereocenters. The first-order valence-electron chi connectivity index (χ1n) is 24.7. The highest BCUT2D eigenvalue weighted by Crippen LogP contribution is 2.61. The van der Waals surface area contributed by atoms with E-state index in [-0.39, 0.29) is 105 Å². The summed E-state index contributed by atoms with van der Waals surface area (Å²) in [5, 5.41) is 0. The molecule has 12 nitrogen and oxygen atoms in total. The quantitative estimate of drug-likeness (QED) is 0.138. The van der Waals surface area contributed by atoms with Gasteiger partial charge in [0, 0.05) is 40.6 Å². The van der Waals surface area contributed by atoms with E-state index in [1.165, 1.54) is 56.9 Å². The first-order valence-corrected chi connectivity index (χ1v) is 24.7. The van der Waals surface area contributed by atoms with Gasteiger partial charge in [0.15, 0.2) is 17.3 Å². The third kappa shape index (κ3) is 8.88. The number of carbonyl (C=O) groups is 3. The lowest BCUT2D eigenvalue weighted by Crippen LogP contribution is -2.52. The highest BCUT2D eigenvalue weighted by Gasteiger charge is 2.74. The fraction of sp³-hybridized carbons (Fsp3) is 0.827. The summed E-state index contributed by atoms with van der Waals surface area (Å²) in [5.74, 6) is 0.709. The summed E-state index contributed by atoms with van der Waals surface area (Å²) in [6.45, 7) is 12.8. The molecule has 5 aliphatic carbocycles. The number of Topliss-reactive ketones (excluding diaryl/α,β-unsaturated/α-hetero) is 3. The number of rotatable bonds is 12. The van der Waals surface area contributed by atoms with E-state index < -0.39 is 0 Å². The molecule has 64 heavy (non-hydrogen) atoms. The van der Waals surface area contributed by atoms with Crippen molar-refractivity contribution < 1.29 is 57.0 Å². The molecule has 11 aliphatic rings. The molecule has 0 bridgehead atoms. The summed E-state index contributed by atoms with van der Waals surface area (Å²) >= 11 is 0. The van der Waals surface area contributed by atoms with E-state index in [4.69, 9.17) is 42.6 Å². The molecule has 0 aromatic carbocycles. The molecule has 5 saturated carbocycles. The monoisotopic (exact) mass is 893 g/mol.